The van der Waals surface area contributed by atoms with E-state index in [1.54, 1.807) is 40.1 Å². The fourth-order valence-electron chi connectivity index (χ4n) is 4.44. The number of para-hydroxylation sites is 1. The van der Waals surface area contributed by atoms with Crippen molar-refractivity contribution in [2.45, 2.75) is 19.3 Å². The van der Waals surface area contributed by atoms with Crippen molar-refractivity contribution in [2.24, 2.45) is 0 Å². The molecule has 0 radical (unpaired) electrons. The molecule has 0 unspecified atom stereocenters. The summed E-state index contributed by atoms with van der Waals surface area (Å²) in [7, 11) is 0. The second-order valence-electron chi connectivity index (χ2n) is 8.48. The van der Waals surface area contributed by atoms with Crippen molar-refractivity contribution in [3.05, 3.63) is 95.6 Å². The minimum absolute atomic E-state index is 0.0400. The molecule has 1 N–H and O–H groups in total. The molecular formula is C28H25N3O3. The summed E-state index contributed by atoms with van der Waals surface area (Å²) in [5, 5.41) is 2.82. The van der Waals surface area contributed by atoms with Gasteiger partial charge in [-0.15, -0.1) is 0 Å². The number of hydrogen-bond acceptors (Lipinski definition) is 3. The van der Waals surface area contributed by atoms with Crippen LogP contribution in [-0.4, -0.2) is 30.8 Å². The van der Waals surface area contributed by atoms with E-state index in [0.717, 1.165) is 36.3 Å². The van der Waals surface area contributed by atoms with Crippen molar-refractivity contribution in [1.82, 2.24) is 0 Å². The zero-order valence-electron chi connectivity index (χ0n) is 18.7. The summed E-state index contributed by atoms with van der Waals surface area (Å²) in [6.07, 6.45) is 5.55. The first-order valence-corrected chi connectivity index (χ1v) is 11.5. The fraction of sp³-hybridized carbons (Fsp3) is 0.179. The van der Waals surface area contributed by atoms with Gasteiger partial charge in [0.2, 0.25) is 11.8 Å². The van der Waals surface area contributed by atoms with Gasteiger partial charge in [0.05, 0.1) is 0 Å². The molecular weight excluding hydrogens is 426 g/mol. The predicted octanol–water partition coefficient (Wildman–Crippen LogP) is 4.67. The SMILES string of the molecule is O=C(/C=C/c1ccc(N2CCCC2=O)cc1)Nc1ccc(C(=O)N2CCc3ccccc32)cc1. The summed E-state index contributed by atoms with van der Waals surface area (Å²) < 4.78 is 0. The topological polar surface area (TPSA) is 69.7 Å². The Labute approximate surface area is 198 Å². The number of rotatable bonds is 5. The molecule has 2 heterocycles. The molecule has 3 amide bonds. The zero-order chi connectivity index (χ0) is 23.5. The average molecular weight is 452 g/mol. The van der Waals surface area contributed by atoms with Crippen LogP contribution in [0.1, 0.15) is 34.3 Å². The summed E-state index contributed by atoms with van der Waals surface area (Å²) in [6.45, 7) is 1.43. The molecule has 0 aliphatic carbocycles. The van der Waals surface area contributed by atoms with E-state index in [0.29, 0.717) is 24.2 Å². The molecule has 2 aliphatic heterocycles. The van der Waals surface area contributed by atoms with E-state index in [9.17, 15) is 14.4 Å². The molecule has 1 saturated heterocycles. The second-order valence-corrected chi connectivity index (χ2v) is 8.48. The van der Waals surface area contributed by atoms with E-state index in [1.165, 1.54) is 11.6 Å². The van der Waals surface area contributed by atoms with Gasteiger partial charge in [0.1, 0.15) is 0 Å². The van der Waals surface area contributed by atoms with Crippen LogP contribution in [0.4, 0.5) is 17.1 Å². The Morgan fingerprint density at radius 1 is 0.853 bits per heavy atom. The largest absolute Gasteiger partial charge is 0.323 e. The van der Waals surface area contributed by atoms with Gasteiger partial charge in [0.15, 0.2) is 0 Å². The third-order valence-electron chi connectivity index (χ3n) is 6.24. The van der Waals surface area contributed by atoms with Gasteiger partial charge < -0.3 is 15.1 Å². The van der Waals surface area contributed by atoms with E-state index in [-0.39, 0.29) is 17.7 Å². The maximum atomic E-state index is 12.9. The summed E-state index contributed by atoms with van der Waals surface area (Å²) in [4.78, 5) is 40.7. The molecule has 6 heteroatoms. The van der Waals surface area contributed by atoms with E-state index in [4.69, 9.17) is 0 Å². The molecule has 0 saturated carbocycles. The van der Waals surface area contributed by atoms with Crippen LogP contribution in [0.3, 0.4) is 0 Å². The zero-order valence-corrected chi connectivity index (χ0v) is 18.7. The first kappa shape index (κ1) is 21.6. The number of nitrogens with one attached hydrogen (secondary N) is 1. The highest BCUT2D eigenvalue weighted by atomic mass is 16.2. The van der Waals surface area contributed by atoms with Gasteiger partial charge in [-0.25, -0.2) is 0 Å². The van der Waals surface area contributed by atoms with Gasteiger partial charge in [-0.2, -0.15) is 0 Å². The van der Waals surface area contributed by atoms with Gasteiger partial charge in [0, 0.05) is 48.2 Å². The molecule has 0 aromatic heterocycles. The van der Waals surface area contributed by atoms with Gasteiger partial charge in [0.25, 0.3) is 5.91 Å². The number of hydrogen-bond donors (Lipinski definition) is 1. The minimum atomic E-state index is -0.258. The van der Waals surface area contributed by atoms with Gasteiger partial charge in [-0.3, -0.25) is 14.4 Å². The number of amides is 3. The molecule has 0 bridgehead atoms. The van der Waals surface area contributed by atoms with Crippen molar-refractivity contribution >= 4 is 40.9 Å². The number of carbonyl (C=O) groups is 3. The third kappa shape index (κ3) is 4.48. The lowest BCUT2D eigenvalue weighted by Gasteiger charge is -2.17. The first-order chi connectivity index (χ1) is 16.6. The lowest BCUT2D eigenvalue weighted by atomic mass is 10.1. The summed E-state index contributed by atoms with van der Waals surface area (Å²) in [5.41, 5.74) is 5.12. The van der Waals surface area contributed by atoms with Crippen LogP contribution in [0, 0.1) is 0 Å². The fourth-order valence-corrected chi connectivity index (χ4v) is 4.44. The Morgan fingerprint density at radius 3 is 2.35 bits per heavy atom. The third-order valence-corrected chi connectivity index (χ3v) is 6.24. The van der Waals surface area contributed by atoms with Crippen LogP contribution in [0.2, 0.25) is 0 Å². The van der Waals surface area contributed by atoms with Crippen LogP contribution < -0.4 is 15.1 Å². The molecule has 3 aromatic carbocycles. The van der Waals surface area contributed by atoms with Crippen LogP contribution in [0.25, 0.3) is 6.08 Å². The minimum Gasteiger partial charge on any atom is -0.323 e. The van der Waals surface area contributed by atoms with Gasteiger partial charge >= 0.3 is 0 Å². The molecule has 0 spiro atoms. The highest BCUT2D eigenvalue weighted by molar-refractivity contribution is 6.08. The average Bonchev–Trinajstić information content (AvgIpc) is 3.49. The van der Waals surface area contributed by atoms with Crippen molar-refractivity contribution in [2.75, 3.05) is 28.2 Å². The van der Waals surface area contributed by atoms with E-state index < -0.39 is 0 Å². The van der Waals surface area contributed by atoms with E-state index in [2.05, 4.69) is 11.4 Å². The highest BCUT2D eigenvalue weighted by Crippen LogP contribution is 2.29. The number of carbonyl (C=O) groups excluding carboxylic acids is 3. The van der Waals surface area contributed by atoms with Crippen LogP contribution in [0.5, 0.6) is 0 Å². The van der Waals surface area contributed by atoms with Gasteiger partial charge in [-0.05, 0) is 72.5 Å². The quantitative estimate of drug-likeness (QED) is 0.573. The lowest BCUT2D eigenvalue weighted by Crippen LogP contribution is -2.28. The molecule has 6 nitrogen and oxygen atoms in total. The maximum Gasteiger partial charge on any atom is 0.258 e. The van der Waals surface area contributed by atoms with Gasteiger partial charge in [-0.1, -0.05) is 30.3 Å². The standard InChI is InChI=1S/C28H25N3O3/c32-26(16-9-20-7-14-24(15-8-20)30-18-3-6-27(30)33)29-23-12-10-22(11-13-23)28(34)31-19-17-21-4-1-2-5-25(21)31/h1-2,4-5,7-16H,3,6,17-19H2,(H,29,32)/b16-9+. The van der Waals surface area contributed by atoms with Crippen molar-refractivity contribution in [3.63, 3.8) is 0 Å². The number of anilines is 3. The Hall–Kier alpha value is -4.19. The van der Waals surface area contributed by atoms with E-state index >= 15 is 0 Å². The molecule has 1 fully saturated rings. The first-order valence-electron chi connectivity index (χ1n) is 11.5. The normalized spacial score (nSPS) is 15.1. The molecule has 5 rings (SSSR count). The van der Waals surface area contributed by atoms with Crippen molar-refractivity contribution < 1.29 is 14.4 Å². The summed E-state index contributed by atoms with van der Waals surface area (Å²) in [5.74, 6) is -0.145. The maximum absolute atomic E-state index is 12.9. The summed E-state index contributed by atoms with van der Waals surface area (Å²) >= 11 is 0. The van der Waals surface area contributed by atoms with Crippen molar-refractivity contribution in [1.29, 1.82) is 0 Å². The van der Waals surface area contributed by atoms with Crippen LogP contribution in [-0.2, 0) is 16.0 Å². The Balaban J connectivity index is 1.18. The molecule has 2 aliphatic rings. The van der Waals surface area contributed by atoms with Crippen LogP contribution in [0.15, 0.2) is 78.9 Å². The predicted molar refractivity (Wildman–Crippen MR) is 134 cm³/mol. The molecule has 34 heavy (non-hydrogen) atoms. The van der Waals surface area contributed by atoms with E-state index in [1.807, 2.05) is 42.5 Å². The van der Waals surface area contributed by atoms with Crippen LogP contribution >= 0.6 is 0 Å². The smallest absolute Gasteiger partial charge is 0.258 e. The van der Waals surface area contributed by atoms with Crippen molar-refractivity contribution in [3.8, 4) is 0 Å². The second kappa shape index (κ2) is 9.35. The number of fused-ring (bicyclic) bond motifs is 1. The molecule has 170 valence electrons. The summed E-state index contributed by atoms with van der Waals surface area (Å²) in [6, 6.07) is 22.5. The Kier molecular flexibility index (Phi) is 5.95. The number of benzene rings is 3. The Morgan fingerprint density at radius 2 is 1.62 bits per heavy atom. The monoisotopic (exact) mass is 451 g/mol. The molecule has 0 atom stereocenters. The lowest BCUT2D eigenvalue weighted by molar-refractivity contribution is -0.117. The number of nitrogens with zero attached hydrogens (tertiary/aromatic N) is 2. The molecule has 3 aromatic rings. The highest BCUT2D eigenvalue weighted by Gasteiger charge is 2.25. The Bertz CT molecular complexity index is 1260.